The van der Waals surface area contributed by atoms with E-state index in [9.17, 15) is 4.79 Å². The number of nitrogen functional groups attached to an aromatic ring is 1. The second kappa shape index (κ2) is 6.29. The van der Waals surface area contributed by atoms with Gasteiger partial charge in [-0.15, -0.1) is 0 Å². The van der Waals surface area contributed by atoms with Crippen molar-refractivity contribution >= 4 is 39.1 Å². The van der Waals surface area contributed by atoms with Crippen molar-refractivity contribution in [3.63, 3.8) is 0 Å². The number of nitrogens with two attached hydrogens (primary N) is 1. The predicted octanol–water partition coefficient (Wildman–Crippen LogP) is 4.18. The van der Waals surface area contributed by atoms with Crippen LogP contribution in [0.1, 0.15) is 28.9 Å². The number of hydrogen-bond donors (Lipinski definition) is 2. The molecule has 0 aliphatic rings. The van der Waals surface area contributed by atoms with E-state index in [4.69, 9.17) is 17.3 Å². The summed E-state index contributed by atoms with van der Waals surface area (Å²) in [6.45, 7) is 1.92. The molecule has 0 fully saturated rings. The van der Waals surface area contributed by atoms with E-state index >= 15 is 0 Å². The maximum absolute atomic E-state index is 12.2. The third-order valence-electron chi connectivity index (χ3n) is 2.98. The maximum atomic E-state index is 12.2. The summed E-state index contributed by atoms with van der Waals surface area (Å²) in [6.07, 6.45) is 0. The van der Waals surface area contributed by atoms with Crippen LogP contribution in [0.2, 0.25) is 5.02 Å². The second-order valence-corrected chi connectivity index (χ2v) is 5.74. The van der Waals surface area contributed by atoms with Crippen molar-refractivity contribution in [3.05, 3.63) is 63.1 Å². The molecule has 0 aromatic heterocycles. The Balaban J connectivity index is 2.20. The molecule has 2 rings (SSSR count). The lowest BCUT2D eigenvalue weighted by molar-refractivity contribution is 0.0940. The summed E-state index contributed by atoms with van der Waals surface area (Å²) < 4.78 is 0.951. The molecular formula is C15H14BrClN2O. The molecule has 0 bridgehead atoms. The molecule has 5 heteroatoms. The van der Waals surface area contributed by atoms with E-state index in [1.807, 2.05) is 31.2 Å². The average Bonchev–Trinajstić information content (AvgIpc) is 2.41. The van der Waals surface area contributed by atoms with Crippen LogP contribution in [0.15, 0.2) is 46.9 Å². The third-order valence-corrected chi connectivity index (χ3v) is 3.94. The summed E-state index contributed by atoms with van der Waals surface area (Å²) in [5.74, 6) is -0.242. The lowest BCUT2D eigenvalue weighted by Crippen LogP contribution is -2.27. The molecule has 0 aliphatic carbocycles. The Bertz CT molecular complexity index is 646. The van der Waals surface area contributed by atoms with Crippen LogP contribution in [-0.2, 0) is 0 Å². The number of rotatable bonds is 3. The summed E-state index contributed by atoms with van der Waals surface area (Å²) in [5, 5.41) is 3.40. The maximum Gasteiger partial charge on any atom is 0.253 e. The van der Waals surface area contributed by atoms with Gasteiger partial charge >= 0.3 is 0 Å². The minimum absolute atomic E-state index is 0.142. The molecule has 0 saturated carbocycles. The summed E-state index contributed by atoms with van der Waals surface area (Å²) in [4.78, 5) is 12.2. The van der Waals surface area contributed by atoms with Gasteiger partial charge in [-0.25, -0.2) is 0 Å². The summed E-state index contributed by atoms with van der Waals surface area (Å²) in [6, 6.07) is 12.5. The molecule has 0 spiro atoms. The normalized spacial score (nSPS) is 11.9. The van der Waals surface area contributed by atoms with Crippen molar-refractivity contribution in [2.75, 3.05) is 5.73 Å². The fourth-order valence-electron chi connectivity index (χ4n) is 1.90. The monoisotopic (exact) mass is 352 g/mol. The molecule has 3 N–H and O–H groups in total. The molecular weight excluding hydrogens is 340 g/mol. The molecule has 0 aliphatic heterocycles. The van der Waals surface area contributed by atoms with Gasteiger partial charge in [0.25, 0.3) is 5.91 Å². The molecule has 0 radical (unpaired) electrons. The number of carbonyl (C=O) groups excluding carboxylic acids is 1. The molecule has 2 aromatic carbocycles. The van der Waals surface area contributed by atoms with E-state index in [-0.39, 0.29) is 11.9 Å². The number of carbonyl (C=O) groups is 1. The Morgan fingerprint density at radius 2 is 2.00 bits per heavy atom. The molecule has 20 heavy (non-hydrogen) atoms. The Kier molecular flexibility index (Phi) is 4.68. The van der Waals surface area contributed by atoms with Crippen molar-refractivity contribution in [1.82, 2.24) is 5.32 Å². The van der Waals surface area contributed by atoms with Crippen LogP contribution >= 0.6 is 27.5 Å². The number of amides is 1. The SMILES string of the molecule is CC(NC(=O)c1cc(Cl)ccc1N)c1ccccc1Br. The highest BCUT2D eigenvalue weighted by Gasteiger charge is 2.15. The number of anilines is 1. The van der Waals surface area contributed by atoms with Crippen LogP contribution in [0, 0.1) is 0 Å². The van der Waals surface area contributed by atoms with E-state index in [1.54, 1.807) is 18.2 Å². The van der Waals surface area contributed by atoms with Crippen LogP contribution in [-0.4, -0.2) is 5.91 Å². The smallest absolute Gasteiger partial charge is 0.253 e. The van der Waals surface area contributed by atoms with Gasteiger partial charge in [0, 0.05) is 15.2 Å². The first-order chi connectivity index (χ1) is 9.49. The largest absolute Gasteiger partial charge is 0.398 e. The quantitative estimate of drug-likeness (QED) is 0.813. The van der Waals surface area contributed by atoms with E-state index in [0.717, 1.165) is 10.0 Å². The molecule has 104 valence electrons. The Labute approximate surface area is 131 Å². The highest BCUT2D eigenvalue weighted by Crippen LogP contribution is 2.24. The van der Waals surface area contributed by atoms with Gasteiger partial charge in [0.1, 0.15) is 0 Å². The lowest BCUT2D eigenvalue weighted by atomic mass is 10.1. The molecule has 3 nitrogen and oxygen atoms in total. The summed E-state index contributed by atoms with van der Waals surface area (Å²) in [7, 11) is 0. The van der Waals surface area contributed by atoms with Crippen LogP contribution in [0.25, 0.3) is 0 Å². The van der Waals surface area contributed by atoms with Crippen LogP contribution < -0.4 is 11.1 Å². The topological polar surface area (TPSA) is 55.1 Å². The van der Waals surface area contributed by atoms with Crippen LogP contribution in [0.5, 0.6) is 0 Å². The number of hydrogen-bond acceptors (Lipinski definition) is 2. The molecule has 1 atom stereocenters. The van der Waals surface area contributed by atoms with Crippen molar-refractivity contribution < 1.29 is 4.79 Å². The fraction of sp³-hybridized carbons (Fsp3) is 0.133. The zero-order valence-corrected chi connectivity index (χ0v) is 13.2. The molecule has 1 unspecified atom stereocenters. The van der Waals surface area contributed by atoms with E-state index in [1.165, 1.54) is 0 Å². The Hall–Kier alpha value is -1.52. The highest BCUT2D eigenvalue weighted by atomic mass is 79.9. The minimum atomic E-state index is -0.242. The van der Waals surface area contributed by atoms with Crippen molar-refractivity contribution in [3.8, 4) is 0 Å². The fourth-order valence-corrected chi connectivity index (χ4v) is 2.70. The van der Waals surface area contributed by atoms with Crippen molar-refractivity contribution in [1.29, 1.82) is 0 Å². The molecule has 0 heterocycles. The van der Waals surface area contributed by atoms with Crippen LogP contribution in [0.3, 0.4) is 0 Å². The van der Waals surface area contributed by atoms with Gasteiger partial charge in [0.2, 0.25) is 0 Å². The summed E-state index contributed by atoms with van der Waals surface area (Å²) in [5.41, 5.74) is 7.60. The zero-order chi connectivity index (χ0) is 14.7. The lowest BCUT2D eigenvalue weighted by Gasteiger charge is -2.16. The van der Waals surface area contributed by atoms with Crippen LogP contribution in [0.4, 0.5) is 5.69 Å². The van der Waals surface area contributed by atoms with Gasteiger partial charge in [0.05, 0.1) is 11.6 Å². The van der Waals surface area contributed by atoms with Gasteiger partial charge in [-0.2, -0.15) is 0 Å². The average molecular weight is 354 g/mol. The first-order valence-corrected chi connectivity index (χ1v) is 7.26. The van der Waals surface area contributed by atoms with E-state index in [2.05, 4.69) is 21.2 Å². The van der Waals surface area contributed by atoms with Crippen molar-refractivity contribution in [2.45, 2.75) is 13.0 Å². The highest BCUT2D eigenvalue weighted by molar-refractivity contribution is 9.10. The Morgan fingerprint density at radius 1 is 1.30 bits per heavy atom. The summed E-state index contributed by atoms with van der Waals surface area (Å²) >= 11 is 9.37. The first kappa shape index (κ1) is 14.9. The van der Waals surface area contributed by atoms with Gasteiger partial charge in [-0.05, 0) is 36.8 Å². The standard InChI is InChI=1S/C15H14BrClN2O/c1-9(11-4-2-3-5-13(11)16)19-15(20)12-8-10(17)6-7-14(12)18/h2-9H,18H2,1H3,(H,19,20). The number of benzene rings is 2. The molecule has 2 aromatic rings. The van der Waals surface area contributed by atoms with Crippen molar-refractivity contribution in [2.24, 2.45) is 0 Å². The van der Waals surface area contributed by atoms with E-state index in [0.29, 0.717) is 16.3 Å². The van der Waals surface area contributed by atoms with E-state index < -0.39 is 0 Å². The second-order valence-electron chi connectivity index (χ2n) is 4.45. The Morgan fingerprint density at radius 3 is 2.70 bits per heavy atom. The number of halogens is 2. The molecule has 0 saturated heterocycles. The third kappa shape index (κ3) is 3.32. The first-order valence-electron chi connectivity index (χ1n) is 6.09. The van der Waals surface area contributed by atoms with Gasteiger partial charge in [-0.1, -0.05) is 45.7 Å². The van der Waals surface area contributed by atoms with Gasteiger partial charge in [0.15, 0.2) is 0 Å². The van der Waals surface area contributed by atoms with Gasteiger partial charge < -0.3 is 11.1 Å². The molecule has 1 amide bonds. The zero-order valence-electron chi connectivity index (χ0n) is 10.9. The number of nitrogens with one attached hydrogen (secondary N) is 1. The minimum Gasteiger partial charge on any atom is -0.398 e. The van der Waals surface area contributed by atoms with Gasteiger partial charge in [-0.3, -0.25) is 4.79 Å². The predicted molar refractivity (Wildman–Crippen MR) is 85.9 cm³/mol.